The molecule has 0 fully saturated rings. The quantitative estimate of drug-likeness (QED) is 0.792. The second kappa shape index (κ2) is 7.47. The van der Waals surface area contributed by atoms with Gasteiger partial charge in [0.25, 0.3) is 0 Å². The van der Waals surface area contributed by atoms with E-state index in [4.69, 9.17) is 11.6 Å². The smallest absolute Gasteiger partial charge is 0.243 e. The molecule has 22 heavy (non-hydrogen) atoms. The fourth-order valence-electron chi connectivity index (χ4n) is 1.81. The summed E-state index contributed by atoms with van der Waals surface area (Å²) in [7, 11) is 0. The third-order valence-corrected chi connectivity index (χ3v) is 3.14. The predicted molar refractivity (Wildman–Crippen MR) is 89.3 cm³/mol. The summed E-state index contributed by atoms with van der Waals surface area (Å²) in [6.45, 7) is 1.57. The van der Waals surface area contributed by atoms with Crippen LogP contribution in [0.2, 0.25) is 5.02 Å². The highest BCUT2D eigenvalue weighted by Gasteiger charge is 2.05. The number of carbonyl (C=O) groups excluding carboxylic acids is 2. The van der Waals surface area contributed by atoms with Crippen molar-refractivity contribution in [3.8, 4) is 0 Å². The lowest BCUT2D eigenvalue weighted by molar-refractivity contribution is -0.115. The Labute approximate surface area is 133 Å². The third kappa shape index (κ3) is 4.79. The van der Waals surface area contributed by atoms with Crippen molar-refractivity contribution < 1.29 is 9.59 Å². The zero-order valence-electron chi connectivity index (χ0n) is 12.0. The van der Waals surface area contributed by atoms with Crippen LogP contribution in [-0.4, -0.2) is 18.4 Å². The summed E-state index contributed by atoms with van der Waals surface area (Å²) < 4.78 is 0. The average molecular weight is 318 g/mol. The molecule has 2 aromatic rings. The Morgan fingerprint density at radius 1 is 0.955 bits per heavy atom. The molecular weight excluding hydrogens is 302 g/mol. The molecule has 0 atom stereocenters. The number of nitrogens with one attached hydrogen (secondary N) is 3. The van der Waals surface area contributed by atoms with Gasteiger partial charge in [0.05, 0.1) is 17.3 Å². The van der Waals surface area contributed by atoms with Crippen LogP contribution in [0.4, 0.5) is 17.1 Å². The van der Waals surface area contributed by atoms with Crippen LogP contribution >= 0.6 is 11.6 Å². The largest absolute Gasteiger partial charge is 0.376 e. The van der Waals surface area contributed by atoms with Gasteiger partial charge in [0.15, 0.2) is 0 Å². The molecule has 2 rings (SSSR count). The molecule has 0 heterocycles. The zero-order chi connectivity index (χ0) is 15.9. The number of halogens is 1. The van der Waals surface area contributed by atoms with E-state index in [0.717, 1.165) is 5.69 Å². The van der Waals surface area contributed by atoms with Crippen molar-refractivity contribution in [2.45, 2.75) is 6.92 Å². The van der Waals surface area contributed by atoms with E-state index >= 15 is 0 Å². The fourth-order valence-corrected chi connectivity index (χ4v) is 2.00. The van der Waals surface area contributed by atoms with Gasteiger partial charge in [0.2, 0.25) is 11.8 Å². The second-order valence-electron chi connectivity index (χ2n) is 4.64. The summed E-state index contributed by atoms with van der Waals surface area (Å²) in [5.41, 5.74) is 2.07. The van der Waals surface area contributed by atoms with Gasteiger partial charge in [-0.15, -0.1) is 0 Å². The molecule has 0 aliphatic heterocycles. The highest BCUT2D eigenvalue weighted by atomic mass is 35.5. The third-order valence-electron chi connectivity index (χ3n) is 2.81. The average Bonchev–Trinajstić information content (AvgIpc) is 2.48. The Kier molecular flexibility index (Phi) is 5.38. The first kappa shape index (κ1) is 15.9. The maximum Gasteiger partial charge on any atom is 0.243 e. The predicted octanol–water partition coefficient (Wildman–Crippen LogP) is 3.35. The van der Waals surface area contributed by atoms with Crippen LogP contribution in [0.1, 0.15) is 6.92 Å². The number of amides is 2. The topological polar surface area (TPSA) is 70.2 Å². The Morgan fingerprint density at radius 2 is 1.59 bits per heavy atom. The molecule has 0 aliphatic carbocycles. The van der Waals surface area contributed by atoms with E-state index in [-0.39, 0.29) is 18.4 Å². The van der Waals surface area contributed by atoms with Crippen molar-refractivity contribution in [1.82, 2.24) is 0 Å². The van der Waals surface area contributed by atoms with Crippen LogP contribution < -0.4 is 16.0 Å². The number of rotatable bonds is 5. The van der Waals surface area contributed by atoms with E-state index in [1.54, 1.807) is 48.5 Å². The fraction of sp³-hybridized carbons (Fsp3) is 0.125. The Morgan fingerprint density at radius 3 is 2.23 bits per heavy atom. The van der Waals surface area contributed by atoms with Gasteiger partial charge in [-0.2, -0.15) is 0 Å². The molecule has 5 nitrogen and oxygen atoms in total. The molecule has 2 amide bonds. The molecule has 0 saturated carbocycles. The standard InChI is InChI=1S/C16H16ClN3O2/c1-11(21)19-13-8-6-12(7-9-13)18-10-16(22)20-15-5-3-2-4-14(15)17/h2-9,18H,10H2,1H3,(H,19,21)(H,20,22). The normalized spacial score (nSPS) is 9.91. The number of hydrogen-bond acceptors (Lipinski definition) is 3. The summed E-state index contributed by atoms with van der Waals surface area (Å²) >= 11 is 5.97. The second-order valence-corrected chi connectivity index (χ2v) is 5.05. The molecular formula is C16H16ClN3O2. The lowest BCUT2D eigenvalue weighted by Gasteiger charge is -2.09. The maximum absolute atomic E-state index is 11.9. The van der Waals surface area contributed by atoms with Crippen LogP contribution in [0.5, 0.6) is 0 Å². The zero-order valence-corrected chi connectivity index (χ0v) is 12.8. The van der Waals surface area contributed by atoms with Gasteiger partial charge in [-0.25, -0.2) is 0 Å². The van der Waals surface area contributed by atoms with Crippen molar-refractivity contribution in [3.63, 3.8) is 0 Å². The molecule has 0 aliphatic rings. The minimum atomic E-state index is -0.195. The molecule has 0 spiro atoms. The molecule has 0 saturated heterocycles. The van der Waals surface area contributed by atoms with Gasteiger partial charge in [-0.1, -0.05) is 23.7 Å². The van der Waals surface area contributed by atoms with E-state index < -0.39 is 0 Å². The van der Waals surface area contributed by atoms with E-state index in [1.165, 1.54) is 6.92 Å². The number of hydrogen-bond donors (Lipinski definition) is 3. The lowest BCUT2D eigenvalue weighted by atomic mass is 10.2. The monoisotopic (exact) mass is 317 g/mol. The number of benzene rings is 2. The molecule has 0 radical (unpaired) electrons. The summed E-state index contributed by atoms with van der Waals surface area (Å²) in [5.74, 6) is -0.320. The van der Waals surface area contributed by atoms with Crippen molar-refractivity contribution in [2.24, 2.45) is 0 Å². The van der Waals surface area contributed by atoms with Crippen LogP contribution in [0.15, 0.2) is 48.5 Å². The first-order chi connectivity index (χ1) is 10.5. The Balaban J connectivity index is 1.86. The molecule has 6 heteroatoms. The first-order valence-corrected chi connectivity index (χ1v) is 7.08. The molecule has 114 valence electrons. The number of para-hydroxylation sites is 1. The first-order valence-electron chi connectivity index (χ1n) is 6.70. The summed E-state index contributed by atoms with van der Waals surface area (Å²) in [6, 6.07) is 14.1. The summed E-state index contributed by atoms with van der Waals surface area (Å²) in [4.78, 5) is 22.8. The number of carbonyl (C=O) groups is 2. The Bertz CT molecular complexity index is 671. The van der Waals surface area contributed by atoms with Crippen LogP contribution in [0.25, 0.3) is 0 Å². The van der Waals surface area contributed by atoms with Crippen LogP contribution in [-0.2, 0) is 9.59 Å². The lowest BCUT2D eigenvalue weighted by Crippen LogP contribution is -2.21. The summed E-state index contributed by atoms with van der Waals surface area (Å²) in [6.07, 6.45) is 0. The molecule has 0 aromatic heterocycles. The molecule has 3 N–H and O–H groups in total. The highest BCUT2D eigenvalue weighted by Crippen LogP contribution is 2.20. The van der Waals surface area contributed by atoms with E-state index in [1.807, 2.05) is 0 Å². The Hall–Kier alpha value is -2.53. The van der Waals surface area contributed by atoms with Gasteiger partial charge in [0, 0.05) is 18.3 Å². The van der Waals surface area contributed by atoms with Crippen molar-refractivity contribution in [2.75, 3.05) is 22.5 Å². The van der Waals surface area contributed by atoms with E-state index in [2.05, 4.69) is 16.0 Å². The van der Waals surface area contributed by atoms with Gasteiger partial charge in [0.1, 0.15) is 0 Å². The van der Waals surface area contributed by atoms with Gasteiger partial charge < -0.3 is 16.0 Å². The minimum Gasteiger partial charge on any atom is -0.376 e. The van der Waals surface area contributed by atoms with Gasteiger partial charge in [-0.05, 0) is 36.4 Å². The van der Waals surface area contributed by atoms with Crippen molar-refractivity contribution in [1.29, 1.82) is 0 Å². The van der Waals surface area contributed by atoms with Gasteiger partial charge >= 0.3 is 0 Å². The van der Waals surface area contributed by atoms with E-state index in [0.29, 0.717) is 16.4 Å². The molecule has 0 bridgehead atoms. The van der Waals surface area contributed by atoms with E-state index in [9.17, 15) is 9.59 Å². The molecule has 0 unspecified atom stereocenters. The number of anilines is 3. The minimum absolute atomic E-state index is 0.116. The van der Waals surface area contributed by atoms with Crippen LogP contribution in [0, 0.1) is 0 Å². The molecule has 2 aromatic carbocycles. The highest BCUT2D eigenvalue weighted by molar-refractivity contribution is 6.33. The summed E-state index contributed by atoms with van der Waals surface area (Å²) in [5, 5.41) is 8.90. The van der Waals surface area contributed by atoms with Crippen molar-refractivity contribution >= 4 is 40.5 Å². The van der Waals surface area contributed by atoms with Crippen LogP contribution in [0.3, 0.4) is 0 Å². The van der Waals surface area contributed by atoms with Gasteiger partial charge in [-0.3, -0.25) is 9.59 Å². The van der Waals surface area contributed by atoms with Crippen molar-refractivity contribution in [3.05, 3.63) is 53.6 Å². The maximum atomic E-state index is 11.9. The SMILES string of the molecule is CC(=O)Nc1ccc(NCC(=O)Nc2ccccc2Cl)cc1.